The average molecular weight is 414 g/mol. The Morgan fingerprint density at radius 2 is 1.90 bits per heavy atom. The molecule has 0 atom stereocenters. The third-order valence-electron chi connectivity index (χ3n) is 4.27. The number of hydrogen-bond acceptors (Lipinski definition) is 5. The van der Waals surface area contributed by atoms with Crippen LogP contribution >= 0.6 is 0 Å². The van der Waals surface area contributed by atoms with Gasteiger partial charge in [-0.15, -0.1) is 0 Å². The molecule has 154 valence electrons. The molecular weight excluding hydrogens is 397 g/mol. The maximum absolute atomic E-state index is 12.5. The molecule has 0 aliphatic heterocycles. The number of allylic oxidation sites excluding steroid dienone is 1. The standard InChI is InChI=1S/C21H17F3N4O2/c1-26-19(10-18(25)21(22,23)24)28-20(30)13-7-6-12-8-14(11-27-16(12)9-13)15-4-2-3-5-17(15)29/h2-11,25-26,29H,1H3,(H,28,30)/b19-10+,25-18?. The van der Waals surface area contributed by atoms with E-state index < -0.39 is 17.8 Å². The second-order valence-corrected chi connectivity index (χ2v) is 6.32. The van der Waals surface area contributed by atoms with Gasteiger partial charge in [0.1, 0.15) is 17.3 Å². The van der Waals surface area contributed by atoms with Crippen molar-refractivity contribution >= 4 is 22.5 Å². The molecule has 4 N–H and O–H groups in total. The Morgan fingerprint density at radius 1 is 1.17 bits per heavy atom. The number of nitrogens with one attached hydrogen (secondary N) is 3. The normalized spacial score (nSPS) is 11.9. The van der Waals surface area contributed by atoms with Crippen LogP contribution in [0.2, 0.25) is 0 Å². The molecule has 0 spiro atoms. The van der Waals surface area contributed by atoms with Crippen molar-refractivity contribution in [2.75, 3.05) is 7.05 Å². The van der Waals surface area contributed by atoms with Crippen LogP contribution in [0.1, 0.15) is 10.4 Å². The Labute approximate surface area is 169 Å². The predicted molar refractivity (Wildman–Crippen MR) is 107 cm³/mol. The molecule has 0 radical (unpaired) electrons. The zero-order valence-corrected chi connectivity index (χ0v) is 15.7. The van der Waals surface area contributed by atoms with Crippen LogP contribution in [-0.4, -0.2) is 34.9 Å². The van der Waals surface area contributed by atoms with Crippen molar-refractivity contribution in [2.24, 2.45) is 0 Å². The second kappa shape index (κ2) is 8.24. The van der Waals surface area contributed by atoms with E-state index in [4.69, 9.17) is 5.41 Å². The minimum absolute atomic E-state index is 0.116. The minimum atomic E-state index is -4.81. The molecule has 3 rings (SSSR count). The zero-order chi connectivity index (χ0) is 21.9. The Bertz CT molecular complexity index is 1160. The van der Waals surface area contributed by atoms with E-state index in [2.05, 4.69) is 15.6 Å². The largest absolute Gasteiger partial charge is 0.507 e. The highest BCUT2D eigenvalue weighted by molar-refractivity contribution is 6.01. The van der Waals surface area contributed by atoms with E-state index in [1.807, 2.05) is 6.07 Å². The molecule has 0 aliphatic carbocycles. The summed E-state index contributed by atoms with van der Waals surface area (Å²) in [6.07, 6.45) is -2.76. The summed E-state index contributed by atoms with van der Waals surface area (Å²) in [6, 6.07) is 13.3. The van der Waals surface area contributed by atoms with Crippen LogP contribution in [-0.2, 0) is 0 Å². The van der Waals surface area contributed by atoms with Crippen molar-refractivity contribution in [3.05, 3.63) is 72.2 Å². The van der Waals surface area contributed by atoms with Gasteiger partial charge in [-0.1, -0.05) is 24.3 Å². The SMILES string of the molecule is CN/C(=C\C(=N)C(F)(F)F)NC(=O)c1ccc2cc(-c3ccccc3O)cnc2c1. The first-order valence-electron chi connectivity index (χ1n) is 8.74. The van der Waals surface area contributed by atoms with Gasteiger partial charge in [0.15, 0.2) is 0 Å². The first kappa shape index (κ1) is 20.8. The predicted octanol–water partition coefficient (Wildman–Crippen LogP) is 3.98. The first-order valence-corrected chi connectivity index (χ1v) is 8.74. The Balaban J connectivity index is 1.85. The van der Waals surface area contributed by atoms with E-state index in [0.29, 0.717) is 22.7 Å². The molecule has 0 saturated carbocycles. The highest BCUT2D eigenvalue weighted by Gasteiger charge is 2.33. The highest BCUT2D eigenvalue weighted by atomic mass is 19.4. The quantitative estimate of drug-likeness (QED) is 0.475. The summed E-state index contributed by atoms with van der Waals surface area (Å²) in [7, 11) is 1.33. The molecule has 3 aromatic rings. The average Bonchev–Trinajstić information content (AvgIpc) is 2.72. The fraction of sp³-hybridized carbons (Fsp3) is 0.0952. The number of phenolic OH excluding ortho intramolecular Hbond substituents is 1. The van der Waals surface area contributed by atoms with E-state index in [0.717, 1.165) is 5.39 Å². The van der Waals surface area contributed by atoms with E-state index in [-0.39, 0.29) is 17.1 Å². The number of pyridine rings is 1. The van der Waals surface area contributed by atoms with Crippen molar-refractivity contribution < 1.29 is 23.1 Å². The maximum Gasteiger partial charge on any atom is 0.432 e. The summed E-state index contributed by atoms with van der Waals surface area (Å²) in [5.41, 5.74) is 0.405. The third-order valence-corrected chi connectivity index (χ3v) is 4.27. The lowest BCUT2D eigenvalue weighted by atomic mass is 10.0. The lowest BCUT2D eigenvalue weighted by molar-refractivity contribution is -0.0584. The number of alkyl halides is 3. The first-order chi connectivity index (χ1) is 14.2. The minimum Gasteiger partial charge on any atom is -0.507 e. The van der Waals surface area contributed by atoms with Gasteiger partial charge in [-0.25, -0.2) is 0 Å². The number of carbonyl (C=O) groups excluding carboxylic acids is 1. The highest BCUT2D eigenvalue weighted by Crippen LogP contribution is 2.30. The molecule has 30 heavy (non-hydrogen) atoms. The number of halogens is 3. The van der Waals surface area contributed by atoms with Gasteiger partial charge in [0, 0.05) is 41.4 Å². The molecule has 0 saturated heterocycles. The summed E-state index contributed by atoms with van der Waals surface area (Å²) in [4.78, 5) is 16.7. The summed E-state index contributed by atoms with van der Waals surface area (Å²) < 4.78 is 37.6. The number of hydrogen-bond donors (Lipinski definition) is 4. The molecule has 6 nitrogen and oxygen atoms in total. The van der Waals surface area contributed by atoms with Gasteiger partial charge in [0.2, 0.25) is 0 Å². The molecule has 0 bridgehead atoms. The van der Waals surface area contributed by atoms with E-state index in [1.54, 1.807) is 36.5 Å². The van der Waals surface area contributed by atoms with Crippen LogP contribution in [0.15, 0.2) is 66.6 Å². The molecule has 2 aromatic carbocycles. The lowest BCUT2D eigenvalue weighted by Gasteiger charge is -2.12. The van der Waals surface area contributed by atoms with Crippen LogP contribution in [0.25, 0.3) is 22.0 Å². The number of aromatic hydroxyl groups is 1. The summed E-state index contributed by atoms with van der Waals surface area (Å²) in [5.74, 6) is -0.796. The second-order valence-electron chi connectivity index (χ2n) is 6.32. The van der Waals surface area contributed by atoms with E-state index in [9.17, 15) is 23.1 Å². The molecule has 9 heteroatoms. The summed E-state index contributed by atoms with van der Waals surface area (Å²) in [6.45, 7) is 0. The number of rotatable bonds is 5. The molecular formula is C21H17F3N4O2. The van der Waals surface area contributed by atoms with Crippen LogP contribution < -0.4 is 10.6 Å². The van der Waals surface area contributed by atoms with Crippen LogP contribution in [0, 0.1) is 5.41 Å². The van der Waals surface area contributed by atoms with Crippen LogP contribution in [0.4, 0.5) is 13.2 Å². The summed E-state index contributed by atoms with van der Waals surface area (Å²) >= 11 is 0. The molecule has 0 aliphatic rings. The lowest BCUT2D eigenvalue weighted by Crippen LogP contribution is -2.32. The van der Waals surface area contributed by atoms with Crippen molar-refractivity contribution in [1.29, 1.82) is 5.41 Å². The molecule has 0 unspecified atom stereocenters. The fourth-order valence-corrected chi connectivity index (χ4v) is 2.72. The topological polar surface area (TPSA) is 98.1 Å². The Kier molecular flexibility index (Phi) is 5.72. The van der Waals surface area contributed by atoms with Gasteiger partial charge in [0.05, 0.1) is 5.52 Å². The fourth-order valence-electron chi connectivity index (χ4n) is 2.72. The number of carbonyl (C=O) groups is 1. The smallest absolute Gasteiger partial charge is 0.432 e. The van der Waals surface area contributed by atoms with Crippen LogP contribution in [0.5, 0.6) is 5.75 Å². The van der Waals surface area contributed by atoms with E-state index >= 15 is 0 Å². The molecule has 1 heterocycles. The monoisotopic (exact) mass is 414 g/mol. The van der Waals surface area contributed by atoms with Gasteiger partial charge in [0.25, 0.3) is 5.91 Å². The number of fused-ring (bicyclic) bond motifs is 1. The van der Waals surface area contributed by atoms with Gasteiger partial charge < -0.3 is 15.7 Å². The van der Waals surface area contributed by atoms with E-state index in [1.165, 1.54) is 19.2 Å². The number of benzene rings is 2. The van der Waals surface area contributed by atoms with Gasteiger partial charge in [-0.05, 0) is 24.3 Å². The van der Waals surface area contributed by atoms with Crippen molar-refractivity contribution in [1.82, 2.24) is 15.6 Å². The number of aromatic nitrogens is 1. The molecule has 1 aromatic heterocycles. The molecule has 1 amide bonds. The van der Waals surface area contributed by atoms with Gasteiger partial charge >= 0.3 is 6.18 Å². The van der Waals surface area contributed by atoms with Crippen molar-refractivity contribution in [3.8, 4) is 16.9 Å². The maximum atomic E-state index is 12.5. The Morgan fingerprint density at radius 3 is 2.57 bits per heavy atom. The van der Waals surface area contributed by atoms with Gasteiger partial charge in [-0.3, -0.25) is 15.2 Å². The van der Waals surface area contributed by atoms with Gasteiger partial charge in [-0.2, -0.15) is 13.2 Å². The zero-order valence-electron chi connectivity index (χ0n) is 15.7. The number of phenols is 1. The molecule has 0 fully saturated rings. The third kappa shape index (κ3) is 4.57. The number of para-hydroxylation sites is 1. The number of amides is 1. The van der Waals surface area contributed by atoms with Crippen LogP contribution in [0.3, 0.4) is 0 Å². The Hall–Kier alpha value is -3.88. The van der Waals surface area contributed by atoms with Crippen molar-refractivity contribution in [3.63, 3.8) is 0 Å². The summed E-state index contributed by atoms with van der Waals surface area (Å²) in [5, 5.41) is 22.5. The van der Waals surface area contributed by atoms with Crippen molar-refractivity contribution in [2.45, 2.75) is 6.18 Å². The number of nitrogens with zero attached hydrogens (tertiary/aromatic N) is 1.